The van der Waals surface area contributed by atoms with Gasteiger partial charge in [-0.25, -0.2) is 55.5 Å². The Kier molecular flexibility index (Phi) is 18.4. The number of nitrogens with zero attached hydrogens (tertiary/aromatic N) is 12. The highest BCUT2D eigenvalue weighted by atomic mass is 32.2. The zero-order chi connectivity index (χ0) is 56.3. The summed E-state index contributed by atoms with van der Waals surface area (Å²) in [5.74, 6) is -1.72. The number of para-hydroxylation sites is 2. The Bertz CT molecular complexity index is 3290. The molecule has 0 saturated carbocycles. The molecular formula is C48H46F6N12O10S2. The maximum Gasteiger partial charge on any atom is 0.388 e. The molecule has 0 saturated heterocycles. The number of halogens is 6. The summed E-state index contributed by atoms with van der Waals surface area (Å²) in [6.07, 6.45) is 3.68. The van der Waals surface area contributed by atoms with E-state index in [2.05, 4.69) is 59.8 Å². The van der Waals surface area contributed by atoms with E-state index in [1.54, 1.807) is 36.4 Å². The molecule has 0 aliphatic rings. The van der Waals surface area contributed by atoms with Gasteiger partial charge in [-0.2, -0.15) is 17.6 Å². The van der Waals surface area contributed by atoms with E-state index in [0.717, 1.165) is 24.8 Å². The molecule has 78 heavy (non-hydrogen) atoms. The highest BCUT2D eigenvalue weighted by Crippen LogP contribution is 2.39. The number of hydrogen-bond acceptors (Lipinski definition) is 20. The highest BCUT2D eigenvalue weighted by molar-refractivity contribution is 7.91. The fraction of sp³-hybridized carbons (Fsp3) is 0.292. The highest BCUT2D eigenvalue weighted by Gasteiger charge is 2.32. The number of alkyl halides is 4. The Balaban J connectivity index is 0.000000226. The Morgan fingerprint density at radius 2 is 0.808 bits per heavy atom. The fourth-order valence-electron chi connectivity index (χ4n) is 7.42. The number of rotatable bonds is 22. The quantitative estimate of drug-likeness (QED) is 0.0628. The minimum atomic E-state index is -3.91. The third-order valence-corrected chi connectivity index (χ3v) is 15.3. The standard InChI is InChI=1S/2C24H23F3N6O5S/c2*1-14(10-19-28-11-15(25)12-29-19)39(34,35)13-20-31-32-23(16-6-4-9-21(30-16)38-24(26)27)33(20)22-17(36-2)7-5-8-18(22)37-3/h2*4-9,11-12,14,24H,10,13H2,1-3H3/t2*14-/m10/s1. The third kappa shape index (κ3) is 13.7. The molecule has 6 aromatic heterocycles. The van der Waals surface area contributed by atoms with Gasteiger partial charge in [0.25, 0.3) is 0 Å². The van der Waals surface area contributed by atoms with Crippen LogP contribution in [-0.4, -0.2) is 128 Å². The van der Waals surface area contributed by atoms with Gasteiger partial charge in [-0.05, 0) is 50.2 Å². The van der Waals surface area contributed by atoms with Crippen LogP contribution in [0, 0.1) is 11.6 Å². The molecule has 0 amide bonds. The van der Waals surface area contributed by atoms with E-state index in [1.807, 2.05) is 0 Å². The van der Waals surface area contributed by atoms with E-state index in [-0.39, 0.29) is 82.3 Å². The van der Waals surface area contributed by atoms with Crippen molar-refractivity contribution in [3.8, 4) is 69.2 Å². The Morgan fingerprint density at radius 1 is 0.487 bits per heavy atom. The van der Waals surface area contributed by atoms with E-state index in [4.69, 9.17) is 18.9 Å². The van der Waals surface area contributed by atoms with Crippen molar-refractivity contribution in [2.75, 3.05) is 28.4 Å². The van der Waals surface area contributed by atoms with Crippen LogP contribution in [0.15, 0.2) is 97.6 Å². The van der Waals surface area contributed by atoms with E-state index in [9.17, 15) is 43.2 Å². The van der Waals surface area contributed by atoms with Gasteiger partial charge in [0, 0.05) is 25.0 Å². The van der Waals surface area contributed by atoms with Crippen molar-refractivity contribution in [1.29, 1.82) is 0 Å². The summed E-state index contributed by atoms with van der Waals surface area (Å²) >= 11 is 0. The van der Waals surface area contributed by atoms with Crippen molar-refractivity contribution in [3.05, 3.63) is 133 Å². The predicted molar refractivity (Wildman–Crippen MR) is 264 cm³/mol. The second-order valence-electron chi connectivity index (χ2n) is 16.3. The smallest absolute Gasteiger partial charge is 0.388 e. The molecule has 8 aromatic rings. The molecule has 412 valence electrons. The maximum atomic E-state index is 13.4. The van der Waals surface area contributed by atoms with Gasteiger partial charge in [-0.3, -0.25) is 9.13 Å². The van der Waals surface area contributed by atoms with Gasteiger partial charge in [-0.15, -0.1) is 20.4 Å². The first-order valence-electron chi connectivity index (χ1n) is 22.8. The summed E-state index contributed by atoms with van der Waals surface area (Å²) in [7, 11) is -2.15. The Hall–Kier alpha value is -8.54. The normalized spacial score (nSPS) is 12.4. The summed E-state index contributed by atoms with van der Waals surface area (Å²) in [5.41, 5.74) is 0.684. The van der Waals surface area contributed by atoms with Crippen molar-refractivity contribution >= 4 is 19.7 Å². The zero-order valence-corrected chi connectivity index (χ0v) is 43.5. The minimum absolute atomic E-state index is 0.0252. The lowest BCUT2D eigenvalue weighted by Gasteiger charge is -2.18. The second kappa shape index (κ2) is 25.1. The zero-order valence-electron chi connectivity index (χ0n) is 41.9. The van der Waals surface area contributed by atoms with E-state index in [1.165, 1.54) is 87.8 Å². The van der Waals surface area contributed by atoms with Crippen molar-refractivity contribution in [3.63, 3.8) is 0 Å². The largest absolute Gasteiger partial charge is 0.494 e. The molecule has 22 nitrogen and oxygen atoms in total. The lowest BCUT2D eigenvalue weighted by Crippen LogP contribution is -2.24. The number of methoxy groups -OCH3 is 4. The number of pyridine rings is 2. The molecule has 0 bridgehead atoms. The van der Waals surface area contributed by atoms with Crippen molar-refractivity contribution < 1.29 is 71.6 Å². The number of sulfone groups is 2. The van der Waals surface area contributed by atoms with Crippen LogP contribution in [-0.2, 0) is 44.0 Å². The Morgan fingerprint density at radius 3 is 1.12 bits per heavy atom. The summed E-state index contributed by atoms with van der Waals surface area (Å²) < 4.78 is 165. The number of ether oxygens (including phenoxy) is 6. The molecule has 0 aliphatic carbocycles. The number of hydrogen-bond donors (Lipinski definition) is 0. The fourth-order valence-corrected chi connectivity index (χ4v) is 9.89. The van der Waals surface area contributed by atoms with Gasteiger partial charge in [0.1, 0.15) is 68.9 Å². The predicted octanol–water partition coefficient (Wildman–Crippen LogP) is 6.85. The van der Waals surface area contributed by atoms with Gasteiger partial charge < -0.3 is 28.4 Å². The van der Waals surface area contributed by atoms with E-state index in [0.29, 0.717) is 23.0 Å². The van der Waals surface area contributed by atoms with Gasteiger partial charge in [0.15, 0.2) is 54.6 Å². The number of aromatic nitrogens is 12. The molecule has 0 aliphatic heterocycles. The first kappa shape index (κ1) is 57.2. The molecule has 0 fully saturated rings. The molecule has 8 rings (SSSR count). The van der Waals surface area contributed by atoms with Gasteiger partial charge >= 0.3 is 13.2 Å². The molecule has 0 radical (unpaired) electrons. The molecular weight excluding hydrogens is 1080 g/mol. The lowest BCUT2D eigenvalue weighted by molar-refractivity contribution is -0.0534. The second-order valence-corrected chi connectivity index (χ2v) is 21.2. The maximum absolute atomic E-state index is 13.4. The van der Waals surface area contributed by atoms with Crippen LogP contribution in [0.5, 0.6) is 34.8 Å². The monoisotopic (exact) mass is 1130 g/mol. The minimum Gasteiger partial charge on any atom is -0.494 e. The molecule has 0 N–H and O–H groups in total. The SMILES string of the molecule is COc1cccc(OC)c1-n1c(CS(=O)(=O)[C@@H](C)Cc2ncc(F)cn2)nnc1-c1cccc(OC(F)F)n1.COc1cccc(OC)c1-n1c(CS(=O)(=O)[C@H](C)Cc2ncc(F)cn2)nnc1-c1cccc(OC(F)F)n1. The van der Waals surface area contributed by atoms with Gasteiger partial charge in [0.05, 0.1) is 63.7 Å². The lowest BCUT2D eigenvalue weighted by atomic mass is 10.2. The van der Waals surface area contributed by atoms with Crippen LogP contribution in [0.25, 0.3) is 34.4 Å². The molecule has 6 heterocycles. The van der Waals surface area contributed by atoms with Gasteiger partial charge in [0.2, 0.25) is 11.8 Å². The first-order chi connectivity index (χ1) is 37.2. The summed E-state index contributed by atoms with van der Waals surface area (Å²) in [6.45, 7) is -3.26. The van der Waals surface area contributed by atoms with Crippen LogP contribution in [0.4, 0.5) is 26.3 Å². The van der Waals surface area contributed by atoms with Crippen molar-refractivity contribution in [1.82, 2.24) is 59.4 Å². The van der Waals surface area contributed by atoms with E-state index < -0.39 is 66.5 Å². The summed E-state index contributed by atoms with van der Waals surface area (Å²) in [6, 6.07) is 18.1. The van der Waals surface area contributed by atoms with Crippen LogP contribution in [0.2, 0.25) is 0 Å². The van der Waals surface area contributed by atoms with Gasteiger partial charge in [-0.1, -0.05) is 24.3 Å². The van der Waals surface area contributed by atoms with Crippen LogP contribution >= 0.6 is 0 Å². The van der Waals surface area contributed by atoms with Crippen molar-refractivity contribution in [2.45, 2.75) is 61.9 Å². The molecule has 2 atom stereocenters. The van der Waals surface area contributed by atoms with Crippen molar-refractivity contribution in [2.24, 2.45) is 0 Å². The molecule has 2 aromatic carbocycles. The number of benzene rings is 2. The average Bonchev–Trinajstić information content (AvgIpc) is 4.08. The van der Waals surface area contributed by atoms with Crippen LogP contribution in [0.3, 0.4) is 0 Å². The molecule has 0 spiro atoms. The first-order valence-corrected chi connectivity index (χ1v) is 26.2. The van der Waals surface area contributed by atoms with Crippen LogP contribution in [0.1, 0.15) is 37.1 Å². The summed E-state index contributed by atoms with van der Waals surface area (Å²) in [4.78, 5) is 23.5. The molecule has 30 heteroatoms. The topological polar surface area (TPSA) is 262 Å². The van der Waals surface area contributed by atoms with E-state index >= 15 is 0 Å². The van der Waals surface area contributed by atoms with Crippen LogP contribution < -0.4 is 28.4 Å². The average molecular weight is 1130 g/mol. The molecule has 0 unspecified atom stereocenters. The summed E-state index contributed by atoms with van der Waals surface area (Å²) in [5, 5.41) is 14.5. The Labute approximate surface area is 441 Å². The third-order valence-electron chi connectivity index (χ3n) is 11.2.